The van der Waals surface area contributed by atoms with Crippen LogP contribution in [0.2, 0.25) is 0 Å². The molecule has 0 atom stereocenters. The van der Waals surface area contributed by atoms with Gasteiger partial charge < -0.3 is 5.32 Å². The highest BCUT2D eigenvalue weighted by Crippen LogP contribution is 2.23. The van der Waals surface area contributed by atoms with Crippen molar-refractivity contribution < 1.29 is 0 Å². The van der Waals surface area contributed by atoms with Gasteiger partial charge in [0.15, 0.2) is 0 Å². The van der Waals surface area contributed by atoms with E-state index in [1.165, 1.54) is 58.7 Å². The Morgan fingerprint density at radius 1 is 0.826 bits per heavy atom. The predicted molar refractivity (Wildman–Crippen MR) is 100 cm³/mol. The zero-order chi connectivity index (χ0) is 17.1. The molecule has 0 bridgehead atoms. The van der Waals surface area contributed by atoms with E-state index >= 15 is 0 Å². The zero-order valence-electron chi connectivity index (χ0n) is 16.5. The van der Waals surface area contributed by atoms with E-state index in [0.717, 1.165) is 12.6 Å². The van der Waals surface area contributed by atoms with E-state index in [9.17, 15) is 0 Å². The Morgan fingerprint density at radius 2 is 1.39 bits per heavy atom. The number of hydrogen-bond acceptors (Lipinski definition) is 4. The number of likely N-dealkylation sites (tertiary alicyclic amines) is 1. The molecular weight excluding hydrogens is 284 g/mol. The van der Waals surface area contributed by atoms with Crippen LogP contribution < -0.4 is 5.32 Å². The average molecular weight is 325 g/mol. The van der Waals surface area contributed by atoms with Crippen molar-refractivity contribution in [1.82, 2.24) is 20.0 Å². The van der Waals surface area contributed by atoms with Crippen molar-refractivity contribution in [3.63, 3.8) is 0 Å². The van der Waals surface area contributed by atoms with Crippen LogP contribution in [0.5, 0.6) is 0 Å². The maximum Gasteiger partial charge on any atom is 0.0125 e. The predicted octanol–water partition coefficient (Wildman–Crippen LogP) is 2.26. The van der Waals surface area contributed by atoms with Crippen molar-refractivity contribution >= 4 is 0 Å². The third-order valence-corrected chi connectivity index (χ3v) is 5.42. The molecule has 0 aromatic rings. The third-order valence-electron chi connectivity index (χ3n) is 5.42. The van der Waals surface area contributed by atoms with Gasteiger partial charge in [-0.2, -0.15) is 0 Å². The number of piperidine rings is 1. The molecule has 2 heterocycles. The lowest BCUT2D eigenvalue weighted by Gasteiger charge is -2.46. The first-order valence-electron chi connectivity index (χ1n) is 9.62. The molecule has 0 amide bonds. The largest absolute Gasteiger partial charge is 0.311 e. The third kappa shape index (κ3) is 6.33. The molecule has 0 aliphatic carbocycles. The summed E-state index contributed by atoms with van der Waals surface area (Å²) in [6.45, 7) is 23.6. The molecule has 2 rings (SSSR count). The summed E-state index contributed by atoms with van der Waals surface area (Å²) in [5.41, 5.74) is 0.576. The molecule has 1 N–H and O–H groups in total. The molecule has 2 fully saturated rings. The number of rotatable bonds is 4. The Bertz CT molecular complexity index is 339. The minimum atomic E-state index is 0.239. The van der Waals surface area contributed by atoms with E-state index in [0.29, 0.717) is 5.54 Å². The normalized spacial score (nSPS) is 24.3. The Labute approximate surface area is 144 Å². The van der Waals surface area contributed by atoms with E-state index in [1.54, 1.807) is 0 Å². The van der Waals surface area contributed by atoms with E-state index in [1.807, 2.05) is 0 Å². The summed E-state index contributed by atoms with van der Waals surface area (Å²) < 4.78 is 0. The summed E-state index contributed by atoms with van der Waals surface area (Å²) in [7, 11) is 0. The van der Waals surface area contributed by atoms with Gasteiger partial charge in [0.2, 0.25) is 0 Å². The van der Waals surface area contributed by atoms with Crippen LogP contribution in [0, 0.1) is 0 Å². The second kappa shape index (κ2) is 7.81. The lowest BCUT2D eigenvalue weighted by Crippen LogP contribution is -2.56. The highest BCUT2D eigenvalue weighted by molar-refractivity contribution is 4.87. The molecule has 0 aromatic heterocycles. The van der Waals surface area contributed by atoms with Gasteiger partial charge in [-0.25, -0.2) is 0 Å². The van der Waals surface area contributed by atoms with Crippen LogP contribution in [0.25, 0.3) is 0 Å². The SMILES string of the molecule is CC(C)(C)NCCN1CCN(C2CCN(C(C)(C)C)CC2)CC1. The van der Waals surface area contributed by atoms with E-state index in [-0.39, 0.29) is 5.54 Å². The number of hydrogen-bond donors (Lipinski definition) is 1. The molecular formula is C19H40N4. The molecule has 2 aliphatic rings. The summed E-state index contributed by atoms with van der Waals surface area (Å²) in [5, 5.41) is 3.60. The van der Waals surface area contributed by atoms with Crippen molar-refractivity contribution in [1.29, 1.82) is 0 Å². The monoisotopic (exact) mass is 324 g/mol. The lowest BCUT2D eigenvalue weighted by molar-refractivity contribution is 0.0324. The van der Waals surface area contributed by atoms with Gasteiger partial charge in [-0.05, 0) is 54.4 Å². The first-order chi connectivity index (χ1) is 10.6. The first kappa shape index (κ1) is 19.2. The summed E-state index contributed by atoms with van der Waals surface area (Å²) in [5.74, 6) is 0. The van der Waals surface area contributed by atoms with Crippen LogP contribution >= 0.6 is 0 Å². The maximum atomic E-state index is 3.60. The standard InChI is InChI=1S/C19H40N4/c1-18(2,3)20-9-12-21-13-15-22(16-14-21)17-7-10-23(11-8-17)19(4,5)6/h17,20H,7-16H2,1-6H3. The smallest absolute Gasteiger partial charge is 0.0125 e. The topological polar surface area (TPSA) is 21.8 Å². The van der Waals surface area contributed by atoms with E-state index in [4.69, 9.17) is 0 Å². The number of nitrogens with zero attached hydrogens (tertiary/aromatic N) is 3. The fourth-order valence-corrected chi connectivity index (χ4v) is 3.84. The molecule has 4 nitrogen and oxygen atoms in total. The second-order valence-electron chi connectivity index (χ2n) is 9.44. The summed E-state index contributed by atoms with van der Waals surface area (Å²) in [4.78, 5) is 8.03. The van der Waals surface area contributed by atoms with Gasteiger partial charge in [0.25, 0.3) is 0 Å². The zero-order valence-corrected chi connectivity index (χ0v) is 16.5. The molecule has 136 valence electrons. The summed E-state index contributed by atoms with van der Waals surface area (Å²) in [6, 6.07) is 0.823. The fourth-order valence-electron chi connectivity index (χ4n) is 3.84. The lowest BCUT2D eigenvalue weighted by atomic mass is 9.96. The highest BCUT2D eigenvalue weighted by Gasteiger charge is 2.31. The number of piperazine rings is 1. The molecule has 0 spiro atoms. The Hall–Kier alpha value is -0.160. The van der Waals surface area contributed by atoms with Gasteiger partial charge in [-0.1, -0.05) is 0 Å². The molecule has 23 heavy (non-hydrogen) atoms. The Balaban J connectivity index is 1.65. The van der Waals surface area contributed by atoms with Crippen molar-refractivity contribution in [2.45, 2.75) is 71.5 Å². The van der Waals surface area contributed by atoms with Crippen molar-refractivity contribution in [2.75, 3.05) is 52.4 Å². The van der Waals surface area contributed by atoms with Gasteiger partial charge in [-0.3, -0.25) is 14.7 Å². The second-order valence-corrected chi connectivity index (χ2v) is 9.44. The highest BCUT2D eigenvalue weighted by atomic mass is 15.3. The van der Waals surface area contributed by atoms with Crippen molar-refractivity contribution in [2.24, 2.45) is 0 Å². The van der Waals surface area contributed by atoms with Gasteiger partial charge in [-0.15, -0.1) is 0 Å². The fraction of sp³-hybridized carbons (Fsp3) is 1.00. The summed E-state index contributed by atoms with van der Waals surface area (Å²) in [6.07, 6.45) is 2.70. The molecule has 2 saturated heterocycles. The minimum absolute atomic E-state index is 0.239. The van der Waals surface area contributed by atoms with Crippen molar-refractivity contribution in [3.8, 4) is 0 Å². The van der Waals surface area contributed by atoms with E-state index < -0.39 is 0 Å². The van der Waals surface area contributed by atoms with Crippen molar-refractivity contribution in [3.05, 3.63) is 0 Å². The molecule has 4 heteroatoms. The Kier molecular flexibility index (Phi) is 6.51. The first-order valence-corrected chi connectivity index (χ1v) is 9.62. The molecule has 0 aromatic carbocycles. The van der Waals surface area contributed by atoms with Crippen LogP contribution in [0.15, 0.2) is 0 Å². The number of nitrogens with one attached hydrogen (secondary N) is 1. The minimum Gasteiger partial charge on any atom is -0.311 e. The molecule has 0 unspecified atom stereocenters. The van der Waals surface area contributed by atoms with Gasteiger partial charge in [0.05, 0.1) is 0 Å². The van der Waals surface area contributed by atoms with Crippen LogP contribution in [-0.4, -0.2) is 84.2 Å². The molecule has 0 saturated carbocycles. The van der Waals surface area contributed by atoms with Crippen LogP contribution in [-0.2, 0) is 0 Å². The van der Waals surface area contributed by atoms with E-state index in [2.05, 4.69) is 61.6 Å². The summed E-state index contributed by atoms with van der Waals surface area (Å²) >= 11 is 0. The van der Waals surface area contributed by atoms with Gasteiger partial charge >= 0.3 is 0 Å². The van der Waals surface area contributed by atoms with Crippen LogP contribution in [0.1, 0.15) is 54.4 Å². The molecule has 0 radical (unpaired) electrons. The maximum absolute atomic E-state index is 3.60. The molecule has 2 aliphatic heterocycles. The quantitative estimate of drug-likeness (QED) is 0.856. The Morgan fingerprint density at radius 3 is 1.87 bits per heavy atom. The van der Waals surface area contributed by atoms with Crippen LogP contribution in [0.3, 0.4) is 0 Å². The van der Waals surface area contributed by atoms with Gasteiger partial charge in [0, 0.05) is 69.5 Å². The average Bonchev–Trinajstić information content (AvgIpc) is 2.46. The van der Waals surface area contributed by atoms with Crippen LogP contribution in [0.4, 0.5) is 0 Å². The van der Waals surface area contributed by atoms with Gasteiger partial charge in [0.1, 0.15) is 0 Å².